The summed E-state index contributed by atoms with van der Waals surface area (Å²) in [5.74, 6) is -0.678. The molecule has 0 aliphatic heterocycles. The first kappa shape index (κ1) is 16.0. The number of carboxylic acids is 1. The number of carbonyl (C=O) groups excluding carboxylic acids is 1. The normalized spacial score (nSPS) is 11.7. The third-order valence-electron chi connectivity index (χ3n) is 2.63. The molecule has 1 unspecified atom stereocenters. The number of methoxy groups -OCH3 is 1. The third-order valence-corrected chi connectivity index (χ3v) is 2.63. The van der Waals surface area contributed by atoms with Crippen molar-refractivity contribution in [2.75, 3.05) is 20.3 Å². The van der Waals surface area contributed by atoms with Crippen LogP contribution < -0.4 is 10.1 Å². The lowest BCUT2D eigenvalue weighted by Gasteiger charge is -2.12. The highest BCUT2D eigenvalue weighted by atomic mass is 16.5. The Balaban J connectivity index is 2.25. The largest absolute Gasteiger partial charge is 0.493 e. The molecule has 0 aliphatic rings. The van der Waals surface area contributed by atoms with Crippen LogP contribution in [0.15, 0.2) is 24.3 Å². The molecule has 0 spiro atoms. The van der Waals surface area contributed by atoms with Crippen LogP contribution in [0.5, 0.6) is 5.75 Å². The number of aryl methyl sites for hydroxylation is 1. The average Bonchev–Trinajstić information content (AvgIpc) is 2.39. The third kappa shape index (κ3) is 5.71. The minimum atomic E-state index is -1.11. The van der Waals surface area contributed by atoms with E-state index in [9.17, 15) is 9.59 Å². The molecule has 1 atom stereocenters. The Morgan fingerprint density at radius 3 is 2.75 bits per heavy atom. The van der Waals surface area contributed by atoms with Crippen LogP contribution in [0.1, 0.15) is 12.0 Å². The van der Waals surface area contributed by atoms with Crippen molar-refractivity contribution in [3.05, 3.63) is 29.8 Å². The maximum absolute atomic E-state index is 11.5. The Morgan fingerprint density at radius 2 is 2.15 bits per heavy atom. The molecule has 0 aromatic heterocycles. The van der Waals surface area contributed by atoms with E-state index in [4.69, 9.17) is 14.6 Å². The standard InChI is InChI=1S/C14H19NO5/c1-10-4-3-5-11(8-10)20-7-6-13(16)15-9-12(19-2)14(17)18/h3-5,8,12H,6-7,9H2,1-2H3,(H,15,16)(H,17,18). The highest BCUT2D eigenvalue weighted by Gasteiger charge is 2.16. The summed E-state index contributed by atoms with van der Waals surface area (Å²) in [6.07, 6.45) is -0.874. The van der Waals surface area contributed by atoms with E-state index in [-0.39, 0.29) is 25.5 Å². The molecule has 20 heavy (non-hydrogen) atoms. The molecule has 0 fully saturated rings. The van der Waals surface area contributed by atoms with Crippen molar-refractivity contribution < 1.29 is 24.2 Å². The van der Waals surface area contributed by atoms with E-state index < -0.39 is 12.1 Å². The van der Waals surface area contributed by atoms with E-state index in [0.717, 1.165) is 5.56 Å². The Bertz CT molecular complexity index is 461. The van der Waals surface area contributed by atoms with Gasteiger partial charge in [-0.3, -0.25) is 4.79 Å². The molecule has 110 valence electrons. The quantitative estimate of drug-likeness (QED) is 0.742. The summed E-state index contributed by atoms with van der Waals surface area (Å²) in [7, 11) is 1.28. The fourth-order valence-corrected chi connectivity index (χ4v) is 1.53. The van der Waals surface area contributed by atoms with Crippen LogP contribution in [-0.2, 0) is 14.3 Å². The number of benzene rings is 1. The molecule has 0 bridgehead atoms. The smallest absolute Gasteiger partial charge is 0.334 e. The molecule has 0 heterocycles. The number of nitrogens with one attached hydrogen (secondary N) is 1. The molecule has 6 heteroatoms. The Hall–Kier alpha value is -2.08. The highest BCUT2D eigenvalue weighted by Crippen LogP contribution is 2.12. The summed E-state index contributed by atoms with van der Waals surface area (Å²) in [6, 6.07) is 7.52. The first-order valence-electron chi connectivity index (χ1n) is 6.24. The second-order valence-electron chi connectivity index (χ2n) is 4.28. The first-order chi connectivity index (χ1) is 9.52. The molecule has 0 saturated carbocycles. The number of hydrogen-bond donors (Lipinski definition) is 2. The van der Waals surface area contributed by atoms with Gasteiger partial charge in [0.05, 0.1) is 19.6 Å². The molecule has 1 amide bonds. The van der Waals surface area contributed by atoms with Crippen molar-refractivity contribution in [2.45, 2.75) is 19.4 Å². The molecule has 2 N–H and O–H groups in total. The van der Waals surface area contributed by atoms with Gasteiger partial charge in [0.25, 0.3) is 0 Å². The summed E-state index contributed by atoms with van der Waals surface area (Å²) in [4.78, 5) is 22.2. The van der Waals surface area contributed by atoms with Crippen molar-refractivity contribution in [3.8, 4) is 5.75 Å². The van der Waals surface area contributed by atoms with Gasteiger partial charge in [0.2, 0.25) is 5.91 Å². The predicted octanol–water partition coefficient (Wildman–Crippen LogP) is 0.980. The monoisotopic (exact) mass is 281 g/mol. The molecule has 0 saturated heterocycles. The SMILES string of the molecule is COC(CNC(=O)CCOc1cccc(C)c1)C(=O)O. The zero-order chi connectivity index (χ0) is 15.0. The molecule has 1 aromatic carbocycles. The van der Waals surface area contributed by atoms with Gasteiger partial charge in [0.15, 0.2) is 6.10 Å². The zero-order valence-corrected chi connectivity index (χ0v) is 11.6. The molecule has 1 aromatic rings. The van der Waals surface area contributed by atoms with Crippen LogP contribution in [0, 0.1) is 6.92 Å². The minimum Gasteiger partial charge on any atom is -0.493 e. The number of amides is 1. The van der Waals surface area contributed by atoms with Crippen LogP contribution in [0.25, 0.3) is 0 Å². The zero-order valence-electron chi connectivity index (χ0n) is 11.6. The summed E-state index contributed by atoms with van der Waals surface area (Å²) < 4.78 is 10.1. The minimum absolute atomic E-state index is 0.0604. The summed E-state index contributed by atoms with van der Waals surface area (Å²) in [5.41, 5.74) is 1.08. The Labute approximate surface area is 117 Å². The second-order valence-corrected chi connectivity index (χ2v) is 4.28. The average molecular weight is 281 g/mol. The van der Waals surface area contributed by atoms with Gasteiger partial charge in [-0.05, 0) is 24.6 Å². The van der Waals surface area contributed by atoms with E-state index in [1.54, 1.807) is 0 Å². The van der Waals surface area contributed by atoms with Crippen LogP contribution in [-0.4, -0.2) is 43.3 Å². The number of ether oxygens (including phenoxy) is 2. The number of carboxylic acid groups (broad SMARTS) is 1. The highest BCUT2D eigenvalue weighted by molar-refractivity contribution is 5.78. The van der Waals surface area contributed by atoms with Gasteiger partial charge in [-0.25, -0.2) is 4.79 Å². The van der Waals surface area contributed by atoms with Crippen molar-refractivity contribution in [1.29, 1.82) is 0 Å². The second kappa shape index (κ2) is 8.16. The fourth-order valence-electron chi connectivity index (χ4n) is 1.53. The first-order valence-corrected chi connectivity index (χ1v) is 6.24. The van der Waals surface area contributed by atoms with E-state index in [1.807, 2.05) is 31.2 Å². The van der Waals surface area contributed by atoms with Crippen molar-refractivity contribution in [2.24, 2.45) is 0 Å². The van der Waals surface area contributed by atoms with Gasteiger partial charge in [-0.1, -0.05) is 12.1 Å². The maximum Gasteiger partial charge on any atom is 0.334 e. The maximum atomic E-state index is 11.5. The topological polar surface area (TPSA) is 84.9 Å². The van der Waals surface area contributed by atoms with Crippen LogP contribution in [0.4, 0.5) is 0 Å². The summed E-state index contributed by atoms with van der Waals surface area (Å²) in [5, 5.41) is 11.2. The number of rotatable bonds is 8. The van der Waals surface area contributed by atoms with Crippen LogP contribution in [0.3, 0.4) is 0 Å². The lowest BCUT2D eigenvalue weighted by Crippen LogP contribution is -2.38. The predicted molar refractivity (Wildman–Crippen MR) is 72.7 cm³/mol. The van der Waals surface area contributed by atoms with Crippen LogP contribution in [0.2, 0.25) is 0 Å². The number of hydrogen-bond acceptors (Lipinski definition) is 4. The Morgan fingerprint density at radius 1 is 1.40 bits per heavy atom. The lowest BCUT2D eigenvalue weighted by molar-refractivity contribution is -0.148. The van der Waals surface area contributed by atoms with Gasteiger partial charge in [-0.2, -0.15) is 0 Å². The van der Waals surface area contributed by atoms with E-state index in [1.165, 1.54) is 7.11 Å². The van der Waals surface area contributed by atoms with Gasteiger partial charge in [-0.15, -0.1) is 0 Å². The van der Waals surface area contributed by atoms with Gasteiger partial charge in [0.1, 0.15) is 5.75 Å². The van der Waals surface area contributed by atoms with Gasteiger partial charge >= 0.3 is 5.97 Å². The molecule has 6 nitrogen and oxygen atoms in total. The van der Waals surface area contributed by atoms with Crippen molar-refractivity contribution >= 4 is 11.9 Å². The lowest BCUT2D eigenvalue weighted by atomic mass is 10.2. The summed E-state index contributed by atoms with van der Waals surface area (Å²) in [6.45, 7) is 2.13. The van der Waals surface area contributed by atoms with Gasteiger partial charge in [0, 0.05) is 7.11 Å². The Kier molecular flexibility index (Phi) is 6.52. The van der Waals surface area contributed by atoms with Crippen molar-refractivity contribution in [1.82, 2.24) is 5.32 Å². The molecular weight excluding hydrogens is 262 g/mol. The van der Waals surface area contributed by atoms with E-state index in [2.05, 4.69) is 5.32 Å². The van der Waals surface area contributed by atoms with Gasteiger partial charge < -0.3 is 19.9 Å². The van der Waals surface area contributed by atoms with Crippen LogP contribution >= 0.6 is 0 Å². The fraction of sp³-hybridized carbons (Fsp3) is 0.429. The molecular formula is C14H19NO5. The number of aliphatic carboxylic acids is 1. The number of carbonyl (C=O) groups is 2. The van der Waals surface area contributed by atoms with E-state index in [0.29, 0.717) is 5.75 Å². The summed E-state index contributed by atoms with van der Waals surface area (Å²) >= 11 is 0. The van der Waals surface area contributed by atoms with E-state index >= 15 is 0 Å². The molecule has 1 rings (SSSR count). The molecule has 0 aliphatic carbocycles. The molecule has 0 radical (unpaired) electrons. The van der Waals surface area contributed by atoms with Crippen molar-refractivity contribution in [3.63, 3.8) is 0 Å².